The number of guanidine groups is 1. The molecule has 1 aliphatic rings. The molecule has 0 fully saturated rings. The maximum atomic E-state index is 12.0. The zero-order valence-corrected chi connectivity index (χ0v) is 15.2. The first-order chi connectivity index (χ1) is 10.9. The summed E-state index contributed by atoms with van der Waals surface area (Å²) in [5, 5.41) is 6.48. The maximum absolute atomic E-state index is 12.0. The summed E-state index contributed by atoms with van der Waals surface area (Å²) < 4.78 is 17.7. The molecule has 0 bridgehead atoms. The minimum absolute atomic E-state index is 0.120. The normalized spacial score (nSPS) is 19.0. The molecule has 0 spiro atoms. The Bertz CT molecular complexity index is 556. The highest BCUT2D eigenvalue weighted by Gasteiger charge is 2.22. The van der Waals surface area contributed by atoms with Crippen LogP contribution in [0.4, 0.5) is 0 Å². The number of ether oxygens (including phenoxy) is 1. The molecule has 1 aromatic carbocycles. The molecule has 1 aromatic rings. The smallest absolute Gasteiger partial charge is 0.191 e. The molecule has 5 nitrogen and oxygen atoms in total. The van der Waals surface area contributed by atoms with Crippen molar-refractivity contribution in [1.29, 1.82) is 0 Å². The van der Waals surface area contributed by atoms with E-state index in [9.17, 15) is 4.21 Å². The van der Waals surface area contributed by atoms with Gasteiger partial charge in [0, 0.05) is 41.3 Å². The summed E-state index contributed by atoms with van der Waals surface area (Å²) >= 11 is 0. The number of aliphatic imine (C=N–C) groups is 1. The van der Waals surface area contributed by atoms with Crippen LogP contribution in [0.1, 0.15) is 26.3 Å². The number of hydrogen-bond acceptors (Lipinski definition) is 3. The van der Waals surface area contributed by atoms with E-state index in [1.165, 1.54) is 5.56 Å². The number of nitrogens with zero attached hydrogens (tertiary/aromatic N) is 1. The molecule has 0 radical (unpaired) electrons. The fraction of sp³-hybridized carbons (Fsp3) is 0.588. The molecule has 128 valence electrons. The number of nitrogens with one attached hydrogen (secondary N) is 2. The molecular formula is C17H27N3O2S. The van der Waals surface area contributed by atoms with E-state index in [0.29, 0.717) is 18.8 Å². The summed E-state index contributed by atoms with van der Waals surface area (Å²) in [4.78, 5) is 4.20. The Morgan fingerprint density at radius 2 is 2.09 bits per heavy atom. The minimum atomic E-state index is -0.859. The molecule has 6 heteroatoms. The summed E-state index contributed by atoms with van der Waals surface area (Å²) in [5.41, 5.74) is 1.25. The Hall–Kier alpha value is -1.56. The zero-order chi connectivity index (χ0) is 16.9. The van der Waals surface area contributed by atoms with Crippen LogP contribution in [-0.4, -0.2) is 46.9 Å². The van der Waals surface area contributed by atoms with Crippen LogP contribution in [0.2, 0.25) is 0 Å². The molecule has 0 aliphatic carbocycles. The van der Waals surface area contributed by atoms with Gasteiger partial charge in [-0.1, -0.05) is 18.2 Å². The second-order valence-corrected chi connectivity index (χ2v) is 8.92. The van der Waals surface area contributed by atoms with Gasteiger partial charge in [-0.2, -0.15) is 0 Å². The fourth-order valence-corrected chi connectivity index (χ4v) is 3.27. The van der Waals surface area contributed by atoms with E-state index in [4.69, 9.17) is 4.74 Å². The Labute approximate surface area is 141 Å². The number of rotatable bonds is 5. The summed E-state index contributed by atoms with van der Waals surface area (Å²) in [6, 6.07) is 8.13. The highest BCUT2D eigenvalue weighted by Crippen LogP contribution is 2.27. The topological polar surface area (TPSA) is 62.7 Å². The first-order valence-corrected chi connectivity index (χ1v) is 9.29. The van der Waals surface area contributed by atoms with Gasteiger partial charge in [0.25, 0.3) is 0 Å². The van der Waals surface area contributed by atoms with Crippen molar-refractivity contribution in [2.45, 2.75) is 38.0 Å². The van der Waals surface area contributed by atoms with Crippen molar-refractivity contribution in [1.82, 2.24) is 10.6 Å². The van der Waals surface area contributed by atoms with Crippen LogP contribution < -0.4 is 15.4 Å². The molecule has 1 aliphatic heterocycles. The number of hydrogen-bond donors (Lipinski definition) is 2. The van der Waals surface area contributed by atoms with Gasteiger partial charge < -0.3 is 15.4 Å². The lowest BCUT2D eigenvalue weighted by atomic mass is 10.1. The highest BCUT2D eigenvalue weighted by molar-refractivity contribution is 7.86. The van der Waals surface area contributed by atoms with E-state index >= 15 is 0 Å². The third-order valence-corrected chi connectivity index (χ3v) is 5.64. The number of para-hydroxylation sites is 1. The van der Waals surface area contributed by atoms with Crippen LogP contribution in [0.25, 0.3) is 0 Å². The van der Waals surface area contributed by atoms with E-state index in [0.717, 1.165) is 18.1 Å². The van der Waals surface area contributed by atoms with Crippen molar-refractivity contribution >= 4 is 16.8 Å². The third kappa shape index (κ3) is 5.23. The molecular weight excluding hydrogens is 310 g/mol. The van der Waals surface area contributed by atoms with Crippen molar-refractivity contribution < 1.29 is 8.95 Å². The van der Waals surface area contributed by atoms with Gasteiger partial charge in [-0.05, 0) is 32.4 Å². The van der Waals surface area contributed by atoms with Crippen molar-refractivity contribution in [3.63, 3.8) is 0 Å². The van der Waals surface area contributed by atoms with E-state index in [1.807, 2.05) is 39.0 Å². The Balaban J connectivity index is 1.71. The van der Waals surface area contributed by atoms with Crippen molar-refractivity contribution in [2.75, 3.05) is 25.9 Å². The molecule has 23 heavy (non-hydrogen) atoms. The van der Waals surface area contributed by atoms with E-state index in [-0.39, 0.29) is 10.9 Å². The molecule has 0 amide bonds. The number of fused-ring (bicyclic) bond motifs is 1. The van der Waals surface area contributed by atoms with Crippen LogP contribution in [0, 0.1) is 0 Å². The Morgan fingerprint density at radius 1 is 1.35 bits per heavy atom. The third-order valence-electron chi connectivity index (χ3n) is 3.70. The van der Waals surface area contributed by atoms with Crippen molar-refractivity contribution in [3.05, 3.63) is 29.8 Å². The summed E-state index contributed by atoms with van der Waals surface area (Å²) in [7, 11) is 0.878. The average molecular weight is 337 g/mol. The molecule has 2 unspecified atom stereocenters. The van der Waals surface area contributed by atoms with Gasteiger partial charge >= 0.3 is 0 Å². The summed E-state index contributed by atoms with van der Waals surface area (Å²) in [6.07, 6.45) is 1.03. The zero-order valence-electron chi connectivity index (χ0n) is 14.4. The highest BCUT2D eigenvalue weighted by atomic mass is 32.2. The largest absolute Gasteiger partial charge is 0.488 e. The van der Waals surface area contributed by atoms with Crippen LogP contribution in [0.15, 0.2) is 29.3 Å². The Morgan fingerprint density at radius 3 is 2.74 bits per heavy atom. The predicted molar refractivity (Wildman–Crippen MR) is 96.7 cm³/mol. The second kappa shape index (κ2) is 7.81. The van der Waals surface area contributed by atoms with E-state index in [2.05, 4.69) is 21.7 Å². The number of benzene rings is 1. The monoisotopic (exact) mass is 337 g/mol. The molecule has 2 N–H and O–H groups in total. The average Bonchev–Trinajstić information content (AvgIpc) is 2.92. The lowest BCUT2D eigenvalue weighted by Crippen LogP contribution is -2.44. The summed E-state index contributed by atoms with van der Waals surface area (Å²) in [6.45, 7) is 7.30. The lowest BCUT2D eigenvalue weighted by molar-refractivity contribution is 0.235. The summed E-state index contributed by atoms with van der Waals surface area (Å²) in [5.74, 6) is 2.30. The molecule has 0 saturated carbocycles. The van der Waals surface area contributed by atoms with Gasteiger partial charge in [-0.3, -0.25) is 9.20 Å². The molecule has 2 atom stereocenters. The quantitative estimate of drug-likeness (QED) is 0.634. The van der Waals surface area contributed by atoms with Crippen LogP contribution >= 0.6 is 0 Å². The minimum Gasteiger partial charge on any atom is -0.488 e. The van der Waals surface area contributed by atoms with Crippen molar-refractivity contribution in [3.8, 4) is 5.75 Å². The van der Waals surface area contributed by atoms with Gasteiger partial charge in [-0.15, -0.1) is 0 Å². The maximum Gasteiger partial charge on any atom is 0.191 e. The first kappa shape index (κ1) is 17.8. The standard InChI is InChI=1S/C17H27N3O2S/c1-17(2,3)23(21)10-9-19-16(18-4)20-12-14-11-13-7-5-6-8-15(13)22-14/h5-8,14H,9-12H2,1-4H3,(H2,18,19,20). The van der Waals surface area contributed by atoms with Crippen LogP contribution in [-0.2, 0) is 17.2 Å². The lowest BCUT2D eigenvalue weighted by Gasteiger charge is -2.19. The van der Waals surface area contributed by atoms with Gasteiger partial charge in [0.05, 0.1) is 6.54 Å². The molecule has 1 heterocycles. The Kier molecular flexibility index (Phi) is 6.04. The predicted octanol–water partition coefficient (Wildman–Crippen LogP) is 1.70. The second-order valence-electron chi connectivity index (χ2n) is 6.59. The molecule has 2 rings (SSSR count). The fourth-order valence-electron chi connectivity index (χ4n) is 2.37. The van der Waals surface area contributed by atoms with Crippen molar-refractivity contribution in [2.24, 2.45) is 4.99 Å². The van der Waals surface area contributed by atoms with Gasteiger partial charge in [0.1, 0.15) is 11.9 Å². The van der Waals surface area contributed by atoms with E-state index < -0.39 is 10.8 Å². The van der Waals surface area contributed by atoms with Crippen LogP contribution in [0.3, 0.4) is 0 Å². The van der Waals surface area contributed by atoms with Gasteiger partial charge in [0.2, 0.25) is 0 Å². The van der Waals surface area contributed by atoms with E-state index in [1.54, 1.807) is 7.05 Å². The van der Waals surface area contributed by atoms with Crippen LogP contribution in [0.5, 0.6) is 5.75 Å². The SMILES string of the molecule is CN=C(NCCS(=O)C(C)(C)C)NCC1Cc2ccccc2O1. The first-order valence-electron chi connectivity index (χ1n) is 7.97. The van der Waals surface area contributed by atoms with Gasteiger partial charge in [-0.25, -0.2) is 0 Å². The van der Waals surface area contributed by atoms with Gasteiger partial charge in [0.15, 0.2) is 5.96 Å². The molecule has 0 aromatic heterocycles. The molecule has 0 saturated heterocycles.